The largest absolute Gasteiger partial charge is 0.497 e. The molecule has 0 spiro atoms. The fourth-order valence-electron chi connectivity index (χ4n) is 3.05. The molecule has 1 amide bonds. The highest BCUT2D eigenvalue weighted by atomic mass is 32.2. The maximum absolute atomic E-state index is 12.9. The topological polar surface area (TPSA) is 94.2 Å². The molecule has 0 saturated heterocycles. The van der Waals surface area contributed by atoms with Gasteiger partial charge in [0.25, 0.3) is 5.91 Å². The quantitative estimate of drug-likeness (QED) is 0.615. The van der Waals surface area contributed by atoms with Crippen LogP contribution < -0.4 is 23.8 Å². The molecule has 0 saturated carbocycles. The third kappa shape index (κ3) is 5.56. The van der Waals surface area contributed by atoms with Crippen molar-refractivity contribution in [2.75, 3.05) is 45.0 Å². The summed E-state index contributed by atoms with van der Waals surface area (Å²) < 4.78 is 41.4. The second-order valence-electron chi connectivity index (χ2n) is 6.51. The number of hydrogen-bond donors (Lipinski definition) is 1. The second-order valence-corrected chi connectivity index (χ2v) is 8.41. The van der Waals surface area contributed by atoms with Crippen molar-refractivity contribution in [3.05, 3.63) is 47.5 Å². The molecule has 0 unspecified atom stereocenters. The molecular formula is C21H28N2O6S. The number of ether oxygens (including phenoxy) is 3. The normalized spacial score (nSPS) is 11.0. The van der Waals surface area contributed by atoms with E-state index in [1.54, 1.807) is 14.0 Å². The number of methoxy groups -OCH3 is 3. The van der Waals surface area contributed by atoms with Crippen molar-refractivity contribution in [2.45, 2.75) is 13.3 Å². The van der Waals surface area contributed by atoms with E-state index >= 15 is 0 Å². The van der Waals surface area contributed by atoms with Gasteiger partial charge in [0.2, 0.25) is 10.0 Å². The summed E-state index contributed by atoms with van der Waals surface area (Å²) in [4.78, 5) is 12.9. The predicted octanol–water partition coefficient (Wildman–Crippen LogP) is 2.47. The van der Waals surface area contributed by atoms with E-state index in [0.29, 0.717) is 24.5 Å². The van der Waals surface area contributed by atoms with E-state index in [1.807, 2.05) is 24.3 Å². The van der Waals surface area contributed by atoms with Crippen molar-refractivity contribution in [3.63, 3.8) is 0 Å². The van der Waals surface area contributed by atoms with Crippen LogP contribution in [-0.4, -0.2) is 55.0 Å². The molecule has 164 valence electrons. The number of sulfonamides is 1. The van der Waals surface area contributed by atoms with Gasteiger partial charge in [0.1, 0.15) is 5.75 Å². The van der Waals surface area contributed by atoms with Crippen LogP contribution in [0.25, 0.3) is 0 Å². The predicted molar refractivity (Wildman–Crippen MR) is 116 cm³/mol. The maximum Gasteiger partial charge on any atom is 0.253 e. The highest BCUT2D eigenvalue weighted by Gasteiger charge is 2.25. The van der Waals surface area contributed by atoms with Crippen molar-refractivity contribution >= 4 is 21.6 Å². The van der Waals surface area contributed by atoms with Crippen LogP contribution in [0.3, 0.4) is 0 Å². The second kappa shape index (κ2) is 10.2. The first-order valence-corrected chi connectivity index (χ1v) is 11.2. The summed E-state index contributed by atoms with van der Waals surface area (Å²) in [6.07, 6.45) is 1.71. The van der Waals surface area contributed by atoms with Crippen molar-refractivity contribution in [2.24, 2.45) is 0 Å². The van der Waals surface area contributed by atoms with E-state index in [4.69, 9.17) is 14.2 Å². The standard InChI is InChI=1S/C21H28N2O6S/c1-6-23(30(5,25)26)18-14-20(29-4)19(28-3)13-17(18)21(24)22-12-11-15-7-9-16(27-2)10-8-15/h7-10,13-14H,6,11-12H2,1-5H3,(H,22,24). The molecular weight excluding hydrogens is 408 g/mol. The fourth-order valence-corrected chi connectivity index (χ4v) is 4.03. The van der Waals surface area contributed by atoms with E-state index in [1.165, 1.54) is 26.4 Å². The Bertz CT molecular complexity index is 974. The molecule has 2 aromatic rings. The smallest absolute Gasteiger partial charge is 0.253 e. The number of hydrogen-bond acceptors (Lipinski definition) is 6. The number of carbonyl (C=O) groups is 1. The van der Waals surface area contributed by atoms with Crippen LogP contribution >= 0.6 is 0 Å². The van der Waals surface area contributed by atoms with E-state index in [0.717, 1.165) is 21.9 Å². The maximum atomic E-state index is 12.9. The van der Waals surface area contributed by atoms with Crippen LogP contribution in [0.15, 0.2) is 36.4 Å². The lowest BCUT2D eigenvalue weighted by Crippen LogP contribution is -2.33. The Labute approximate surface area is 177 Å². The monoisotopic (exact) mass is 436 g/mol. The average molecular weight is 437 g/mol. The van der Waals surface area contributed by atoms with Crippen molar-refractivity contribution in [1.82, 2.24) is 5.32 Å². The summed E-state index contributed by atoms with van der Waals surface area (Å²) in [5, 5.41) is 2.85. The highest BCUT2D eigenvalue weighted by molar-refractivity contribution is 7.92. The van der Waals surface area contributed by atoms with Crippen molar-refractivity contribution in [3.8, 4) is 17.2 Å². The van der Waals surface area contributed by atoms with E-state index in [-0.39, 0.29) is 17.8 Å². The Hall–Kier alpha value is -2.94. The fraction of sp³-hybridized carbons (Fsp3) is 0.381. The Morgan fingerprint density at radius 2 is 1.60 bits per heavy atom. The molecule has 0 aromatic heterocycles. The van der Waals surface area contributed by atoms with Gasteiger partial charge in [-0.15, -0.1) is 0 Å². The molecule has 0 bridgehead atoms. The average Bonchev–Trinajstić information content (AvgIpc) is 2.73. The Balaban J connectivity index is 2.29. The highest BCUT2D eigenvalue weighted by Crippen LogP contribution is 2.36. The number of nitrogens with one attached hydrogen (secondary N) is 1. The molecule has 2 rings (SSSR count). The minimum Gasteiger partial charge on any atom is -0.497 e. The van der Waals surface area contributed by atoms with Crippen molar-refractivity contribution in [1.29, 1.82) is 0 Å². The Morgan fingerprint density at radius 3 is 2.10 bits per heavy atom. The van der Waals surface area contributed by atoms with Gasteiger partial charge in [0, 0.05) is 19.2 Å². The van der Waals surface area contributed by atoms with Gasteiger partial charge in [-0.05, 0) is 37.1 Å². The number of rotatable bonds is 10. The number of nitrogens with zero attached hydrogens (tertiary/aromatic N) is 1. The van der Waals surface area contributed by atoms with Crippen LogP contribution in [-0.2, 0) is 16.4 Å². The van der Waals surface area contributed by atoms with E-state index in [9.17, 15) is 13.2 Å². The Morgan fingerprint density at radius 1 is 1.00 bits per heavy atom. The van der Waals surface area contributed by atoms with E-state index < -0.39 is 15.9 Å². The lowest BCUT2D eigenvalue weighted by molar-refractivity contribution is 0.0954. The zero-order valence-electron chi connectivity index (χ0n) is 17.9. The summed E-state index contributed by atoms with van der Waals surface area (Å²) in [6.45, 7) is 2.24. The Kier molecular flexibility index (Phi) is 7.93. The minimum absolute atomic E-state index is 0.167. The molecule has 0 aliphatic heterocycles. The van der Waals surface area contributed by atoms with Gasteiger partial charge in [-0.25, -0.2) is 8.42 Å². The summed E-state index contributed by atoms with van der Waals surface area (Å²) in [5.74, 6) is 1.04. The van der Waals surface area contributed by atoms with Crippen LogP contribution in [0.2, 0.25) is 0 Å². The molecule has 2 aromatic carbocycles. The number of benzene rings is 2. The summed E-state index contributed by atoms with van der Waals surface area (Å²) in [6, 6.07) is 10.6. The molecule has 0 aliphatic rings. The lowest BCUT2D eigenvalue weighted by atomic mass is 10.1. The number of anilines is 1. The van der Waals surface area contributed by atoms with Gasteiger partial charge < -0.3 is 19.5 Å². The van der Waals surface area contributed by atoms with Gasteiger partial charge in [-0.1, -0.05) is 12.1 Å². The first-order chi connectivity index (χ1) is 14.2. The van der Waals surface area contributed by atoms with Gasteiger partial charge in [0.15, 0.2) is 11.5 Å². The van der Waals surface area contributed by atoms with Gasteiger partial charge in [0.05, 0.1) is 38.8 Å². The summed E-state index contributed by atoms with van der Waals surface area (Å²) in [5.41, 5.74) is 1.46. The lowest BCUT2D eigenvalue weighted by Gasteiger charge is -2.24. The molecule has 1 N–H and O–H groups in total. The van der Waals surface area contributed by atoms with Crippen LogP contribution in [0.1, 0.15) is 22.8 Å². The molecule has 0 heterocycles. The molecule has 30 heavy (non-hydrogen) atoms. The molecule has 0 aliphatic carbocycles. The first-order valence-electron chi connectivity index (χ1n) is 9.40. The molecule has 8 nitrogen and oxygen atoms in total. The number of amides is 1. The molecule has 0 atom stereocenters. The third-order valence-electron chi connectivity index (χ3n) is 4.56. The minimum atomic E-state index is -3.59. The summed E-state index contributed by atoms with van der Waals surface area (Å²) in [7, 11) is 0.916. The van der Waals surface area contributed by atoms with Crippen LogP contribution in [0.4, 0.5) is 5.69 Å². The molecule has 0 radical (unpaired) electrons. The first kappa shape index (κ1) is 23.3. The third-order valence-corrected chi connectivity index (χ3v) is 5.82. The SMILES string of the molecule is CCN(c1cc(OC)c(OC)cc1C(=O)NCCc1ccc(OC)cc1)S(C)(=O)=O. The van der Waals surface area contributed by atoms with Gasteiger partial charge in [-0.3, -0.25) is 9.10 Å². The van der Waals surface area contributed by atoms with E-state index in [2.05, 4.69) is 5.32 Å². The number of carbonyl (C=O) groups excluding carboxylic acids is 1. The van der Waals surface area contributed by atoms with Crippen LogP contribution in [0.5, 0.6) is 17.2 Å². The molecule has 0 fully saturated rings. The van der Waals surface area contributed by atoms with Gasteiger partial charge >= 0.3 is 0 Å². The summed E-state index contributed by atoms with van der Waals surface area (Å²) >= 11 is 0. The zero-order chi connectivity index (χ0) is 22.3. The van der Waals surface area contributed by atoms with Gasteiger partial charge in [-0.2, -0.15) is 0 Å². The van der Waals surface area contributed by atoms with Crippen molar-refractivity contribution < 1.29 is 27.4 Å². The zero-order valence-corrected chi connectivity index (χ0v) is 18.7. The molecule has 9 heteroatoms. The van der Waals surface area contributed by atoms with Crippen LogP contribution in [0, 0.1) is 0 Å².